The fourth-order valence-electron chi connectivity index (χ4n) is 0.0915. The molecular formula is C3H4BBrClLiO7. The van der Waals surface area contributed by atoms with Gasteiger partial charge in [0.25, 0.3) is 3.78 Å². The maximum atomic E-state index is 9.90. The van der Waals surface area contributed by atoms with Crippen molar-refractivity contribution in [1.29, 1.82) is 0 Å². The first-order valence-electron chi connectivity index (χ1n) is 2.49. The molecule has 0 aliphatic rings. The van der Waals surface area contributed by atoms with E-state index in [0.717, 1.165) is 0 Å². The maximum absolute atomic E-state index is 9.90. The van der Waals surface area contributed by atoms with E-state index < -0.39 is 23.0 Å². The van der Waals surface area contributed by atoms with Crippen molar-refractivity contribution in [3.8, 4) is 0 Å². The van der Waals surface area contributed by atoms with E-state index in [9.17, 15) is 9.59 Å². The summed E-state index contributed by atoms with van der Waals surface area (Å²) in [7, 11) is -2.42. The largest absolute Gasteiger partial charge is 1.00 e. The predicted molar refractivity (Wildman–Crippen MR) is 43.0 cm³/mol. The molecule has 76 valence electrons. The molecule has 0 radical (unpaired) electrons. The Balaban J connectivity index is -0.000000209. The SMILES string of the molecule is O=C(O)C(Cl)(Br)C(=O)O.[Li+].[O-]B(O)O. The first-order valence-corrected chi connectivity index (χ1v) is 3.66. The van der Waals surface area contributed by atoms with Crippen LogP contribution in [-0.4, -0.2) is 43.3 Å². The van der Waals surface area contributed by atoms with Crippen LogP contribution < -0.4 is 23.9 Å². The molecule has 14 heavy (non-hydrogen) atoms. The molecule has 0 aromatic carbocycles. The van der Waals surface area contributed by atoms with Gasteiger partial charge in [0.15, 0.2) is 0 Å². The Hall–Kier alpha value is 0.252. The average Bonchev–Trinajstić information content (AvgIpc) is 1.85. The second-order valence-electron chi connectivity index (χ2n) is 1.51. The second kappa shape index (κ2) is 8.55. The van der Waals surface area contributed by atoms with E-state index in [1.54, 1.807) is 0 Å². The Morgan fingerprint density at radius 1 is 1.29 bits per heavy atom. The van der Waals surface area contributed by atoms with Crippen molar-refractivity contribution in [3.63, 3.8) is 0 Å². The minimum atomic E-state index is -2.42. The van der Waals surface area contributed by atoms with Crippen molar-refractivity contribution in [2.24, 2.45) is 0 Å². The Labute approximate surface area is 104 Å². The van der Waals surface area contributed by atoms with Gasteiger partial charge in [0.2, 0.25) is 0 Å². The van der Waals surface area contributed by atoms with Crippen molar-refractivity contribution < 1.29 is 53.7 Å². The van der Waals surface area contributed by atoms with Crippen LogP contribution >= 0.6 is 27.5 Å². The van der Waals surface area contributed by atoms with Crippen LogP contribution in [0.4, 0.5) is 0 Å². The van der Waals surface area contributed by atoms with Crippen molar-refractivity contribution in [3.05, 3.63) is 0 Å². The van der Waals surface area contributed by atoms with Gasteiger partial charge in [0, 0.05) is 0 Å². The third kappa shape index (κ3) is 10.3. The van der Waals surface area contributed by atoms with E-state index in [4.69, 9.17) is 36.9 Å². The summed E-state index contributed by atoms with van der Waals surface area (Å²) in [6, 6.07) is 0. The molecule has 0 atom stereocenters. The van der Waals surface area contributed by atoms with Crippen LogP contribution in [0.2, 0.25) is 0 Å². The van der Waals surface area contributed by atoms with Crippen LogP contribution in [0.3, 0.4) is 0 Å². The molecule has 11 heteroatoms. The van der Waals surface area contributed by atoms with Crippen molar-refractivity contribution >= 4 is 46.8 Å². The first kappa shape index (κ1) is 19.8. The fourth-order valence-corrected chi connectivity index (χ4v) is 0.0915. The maximum Gasteiger partial charge on any atom is 1.00 e. The third-order valence-corrected chi connectivity index (χ3v) is 1.54. The number of carbonyl (C=O) groups is 2. The molecule has 0 amide bonds. The molecule has 0 rings (SSSR count). The number of alkyl halides is 2. The summed E-state index contributed by atoms with van der Waals surface area (Å²) < 4.78 is -2.38. The molecule has 4 N–H and O–H groups in total. The summed E-state index contributed by atoms with van der Waals surface area (Å²) >= 11 is 7.20. The van der Waals surface area contributed by atoms with E-state index in [0.29, 0.717) is 0 Å². The van der Waals surface area contributed by atoms with Crippen LogP contribution in [0.25, 0.3) is 0 Å². The molecule has 0 heterocycles. The second-order valence-corrected chi connectivity index (χ2v) is 3.72. The summed E-state index contributed by atoms with van der Waals surface area (Å²) in [6.45, 7) is 0. The number of hydrogen-bond donors (Lipinski definition) is 4. The molecule has 0 spiro atoms. The Kier molecular flexibility index (Phi) is 12.1. The van der Waals surface area contributed by atoms with Crippen molar-refractivity contribution in [1.82, 2.24) is 0 Å². The monoisotopic (exact) mass is 284 g/mol. The van der Waals surface area contributed by atoms with Crippen molar-refractivity contribution in [2.45, 2.75) is 3.78 Å². The zero-order chi connectivity index (χ0) is 11.2. The van der Waals surface area contributed by atoms with Gasteiger partial charge in [-0.1, -0.05) is 11.6 Å². The smallest absolute Gasteiger partial charge is 0.832 e. The van der Waals surface area contributed by atoms with E-state index in [2.05, 4.69) is 15.9 Å². The summed E-state index contributed by atoms with van der Waals surface area (Å²) in [5.41, 5.74) is 0. The van der Waals surface area contributed by atoms with Gasteiger partial charge >= 0.3 is 38.1 Å². The van der Waals surface area contributed by atoms with Crippen LogP contribution in [0.5, 0.6) is 0 Å². The molecule has 0 fully saturated rings. The molecule has 0 aromatic heterocycles. The first-order chi connectivity index (χ1) is 5.62. The molecule has 0 saturated heterocycles. The third-order valence-electron chi connectivity index (χ3n) is 0.537. The fraction of sp³-hybridized carbons (Fsp3) is 0.333. The van der Waals surface area contributed by atoms with Gasteiger partial charge in [-0.15, -0.1) is 0 Å². The number of rotatable bonds is 2. The minimum absolute atomic E-state index is 0. The van der Waals surface area contributed by atoms with Gasteiger partial charge < -0.3 is 25.3 Å². The minimum Gasteiger partial charge on any atom is -0.832 e. The number of aliphatic carboxylic acids is 2. The average molecular weight is 285 g/mol. The number of carboxylic acids is 2. The Morgan fingerprint density at radius 2 is 1.43 bits per heavy atom. The number of carboxylic acid groups (broad SMARTS) is 2. The van der Waals surface area contributed by atoms with E-state index >= 15 is 0 Å². The summed E-state index contributed by atoms with van der Waals surface area (Å²) in [5.74, 6) is -3.28. The molecule has 0 unspecified atom stereocenters. The zero-order valence-corrected chi connectivity index (χ0v) is 9.19. The normalized spacial score (nSPS) is 8.93. The standard InChI is InChI=1S/C3H2BrClO4.BH2O3.Li/c4-3(5,1(6)7)2(8)9;2-1(3)4;/h(H,6,7)(H,8,9);2-3H;/q;-1;+1. The topological polar surface area (TPSA) is 138 Å². The molecule has 0 aliphatic heterocycles. The van der Waals surface area contributed by atoms with Crippen LogP contribution in [0.1, 0.15) is 0 Å². The molecule has 0 aromatic rings. The van der Waals surface area contributed by atoms with Gasteiger partial charge in [-0.3, -0.25) is 0 Å². The quantitative estimate of drug-likeness (QED) is 0.226. The Bertz CT molecular complexity index is 181. The molecular weight excluding hydrogens is 281 g/mol. The number of halogens is 2. The van der Waals surface area contributed by atoms with Gasteiger partial charge in [0.05, 0.1) is 0 Å². The van der Waals surface area contributed by atoms with Crippen LogP contribution in [0.15, 0.2) is 0 Å². The van der Waals surface area contributed by atoms with Gasteiger partial charge in [-0.25, -0.2) is 9.59 Å². The molecule has 0 bridgehead atoms. The molecule has 0 saturated carbocycles. The molecule has 0 aliphatic carbocycles. The van der Waals surface area contributed by atoms with Gasteiger partial charge in [-0.05, 0) is 15.9 Å². The summed E-state index contributed by atoms with van der Waals surface area (Å²) in [4.78, 5) is 19.8. The van der Waals surface area contributed by atoms with Crippen LogP contribution in [-0.2, 0) is 9.59 Å². The summed E-state index contributed by atoms with van der Waals surface area (Å²) in [5, 5.41) is 38.9. The molecule has 7 nitrogen and oxygen atoms in total. The van der Waals surface area contributed by atoms with Gasteiger partial charge in [-0.2, -0.15) is 0 Å². The number of hydrogen-bond acceptors (Lipinski definition) is 5. The van der Waals surface area contributed by atoms with Gasteiger partial charge in [0.1, 0.15) is 0 Å². The Morgan fingerprint density at radius 3 is 1.43 bits per heavy atom. The predicted octanol–water partition coefficient (Wildman–Crippen LogP) is -5.19. The van der Waals surface area contributed by atoms with E-state index in [1.165, 1.54) is 0 Å². The van der Waals surface area contributed by atoms with E-state index in [1.807, 2.05) is 0 Å². The zero-order valence-electron chi connectivity index (χ0n) is 6.85. The van der Waals surface area contributed by atoms with E-state index in [-0.39, 0.29) is 18.9 Å². The summed E-state index contributed by atoms with van der Waals surface area (Å²) in [6.07, 6.45) is 0. The van der Waals surface area contributed by atoms with Crippen LogP contribution in [0, 0.1) is 0 Å². The van der Waals surface area contributed by atoms with Crippen molar-refractivity contribution in [2.75, 3.05) is 0 Å².